The molecule has 0 saturated carbocycles. The number of carboxylic acids is 2. The number of aliphatic carboxylic acids is 2. The van der Waals surface area contributed by atoms with Crippen molar-refractivity contribution in [3.05, 3.63) is 29.8 Å². The molecule has 1 aliphatic heterocycles. The van der Waals surface area contributed by atoms with Crippen LogP contribution in [0, 0.1) is 5.82 Å². The molecule has 2 heterocycles. The number of nitrogens with zero attached hydrogens (tertiary/aromatic N) is 1. The minimum atomic E-state index is -1.82. The number of carbonyl (C=O) groups is 2. The molecule has 27 heavy (non-hydrogen) atoms. The van der Waals surface area contributed by atoms with E-state index in [1.165, 1.54) is 12.8 Å². The normalized spacial score (nSPS) is 13.9. The summed E-state index contributed by atoms with van der Waals surface area (Å²) < 4.78 is 19.8. The molecular formula is C19H25FN2O5. The quantitative estimate of drug-likeness (QED) is 0.541. The van der Waals surface area contributed by atoms with E-state index in [1.54, 1.807) is 12.1 Å². The van der Waals surface area contributed by atoms with Gasteiger partial charge in [0.05, 0.1) is 12.0 Å². The summed E-state index contributed by atoms with van der Waals surface area (Å²) in [6.45, 7) is 5.84. The van der Waals surface area contributed by atoms with Crippen molar-refractivity contribution in [2.24, 2.45) is 0 Å². The van der Waals surface area contributed by atoms with Gasteiger partial charge in [0.25, 0.3) is 0 Å². The first-order valence-electron chi connectivity index (χ1n) is 9.05. The second-order valence-corrected chi connectivity index (χ2v) is 6.37. The van der Waals surface area contributed by atoms with E-state index < -0.39 is 11.9 Å². The predicted octanol–water partition coefficient (Wildman–Crippen LogP) is 2.87. The molecule has 0 amide bonds. The number of anilines is 1. The first-order valence-corrected chi connectivity index (χ1v) is 9.05. The van der Waals surface area contributed by atoms with E-state index in [9.17, 15) is 4.39 Å². The molecule has 0 spiro atoms. The highest BCUT2D eigenvalue weighted by Gasteiger charge is 2.18. The Hall–Kier alpha value is -2.61. The molecule has 0 bridgehead atoms. The second kappa shape index (κ2) is 9.91. The molecule has 1 saturated heterocycles. The van der Waals surface area contributed by atoms with Crippen molar-refractivity contribution in [3.63, 3.8) is 0 Å². The van der Waals surface area contributed by atoms with Crippen molar-refractivity contribution in [3.8, 4) is 0 Å². The van der Waals surface area contributed by atoms with Crippen molar-refractivity contribution in [2.45, 2.75) is 32.6 Å². The van der Waals surface area contributed by atoms with Gasteiger partial charge in [-0.15, -0.1) is 0 Å². The molecule has 148 valence electrons. The number of carboxylic acid groups (broad SMARTS) is 2. The van der Waals surface area contributed by atoms with E-state index in [-0.39, 0.29) is 5.82 Å². The molecule has 1 aromatic carbocycles. The SMILES string of the molecule is CCCCCc1coc2c(N3CCNCC3)cc(F)cc12.O=C(O)C(=O)O. The largest absolute Gasteiger partial charge is 0.473 e. The Bertz CT molecular complexity index is 772. The van der Waals surface area contributed by atoms with Crippen LogP contribution in [0.15, 0.2) is 22.8 Å². The average Bonchev–Trinajstić information content (AvgIpc) is 3.05. The van der Waals surface area contributed by atoms with E-state index in [0.717, 1.165) is 61.2 Å². The third-order valence-corrected chi connectivity index (χ3v) is 4.39. The molecule has 8 heteroatoms. The summed E-state index contributed by atoms with van der Waals surface area (Å²) in [7, 11) is 0. The number of hydrogen-bond acceptors (Lipinski definition) is 5. The van der Waals surface area contributed by atoms with Crippen LogP contribution in [0.5, 0.6) is 0 Å². The van der Waals surface area contributed by atoms with Crippen LogP contribution in [0.4, 0.5) is 10.1 Å². The number of rotatable bonds is 5. The summed E-state index contributed by atoms with van der Waals surface area (Å²) in [5, 5.41) is 19.0. The zero-order chi connectivity index (χ0) is 19.8. The number of hydrogen-bond donors (Lipinski definition) is 3. The third kappa shape index (κ3) is 5.68. The van der Waals surface area contributed by atoms with Crippen LogP contribution in [-0.2, 0) is 16.0 Å². The monoisotopic (exact) mass is 380 g/mol. The lowest BCUT2D eigenvalue weighted by molar-refractivity contribution is -0.159. The highest BCUT2D eigenvalue weighted by molar-refractivity contribution is 6.27. The molecule has 3 N–H and O–H groups in total. The fraction of sp³-hybridized carbons (Fsp3) is 0.474. The van der Waals surface area contributed by atoms with Gasteiger partial charge >= 0.3 is 11.9 Å². The Morgan fingerprint density at radius 3 is 2.44 bits per heavy atom. The zero-order valence-electron chi connectivity index (χ0n) is 15.3. The van der Waals surface area contributed by atoms with Gasteiger partial charge in [-0.3, -0.25) is 0 Å². The molecule has 1 aromatic heterocycles. The lowest BCUT2D eigenvalue weighted by Gasteiger charge is -2.29. The fourth-order valence-electron chi connectivity index (χ4n) is 3.03. The summed E-state index contributed by atoms with van der Waals surface area (Å²) in [5.74, 6) is -3.82. The molecular weight excluding hydrogens is 355 g/mol. The van der Waals surface area contributed by atoms with Crippen LogP contribution in [-0.4, -0.2) is 48.3 Å². The Balaban J connectivity index is 0.000000380. The van der Waals surface area contributed by atoms with Crippen molar-refractivity contribution in [1.82, 2.24) is 5.32 Å². The molecule has 7 nitrogen and oxygen atoms in total. The highest BCUT2D eigenvalue weighted by Crippen LogP contribution is 2.33. The molecule has 0 radical (unpaired) electrons. The lowest BCUT2D eigenvalue weighted by atomic mass is 10.1. The van der Waals surface area contributed by atoms with Crippen molar-refractivity contribution >= 4 is 28.6 Å². The third-order valence-electron chi connectivity index (χ3n) is 4.39. The van der Waals surface area contributed by atoms with Crippen LogP contribution in [0.1, 0.15) is 31.7 Å². The minimum absolute atomic E-state index is 0.172. The van der Waals surface area contributed by atoms with Gasteiger partial charge in [-0.05, 0) is 24.5 Å². The molecule has 3 rings (SSSR count). The maximum absolute atomic E-state index is 14.0. The zero-order valence-corrected chi connectivity index (χ0v) is 15.3. The molecule has 1 aliphatic rings. The van der Waals surface area contributed by atoms with Gasteiger partial charge in [-0.25, -0.2) is 14.0 Å². The molecule has 0 aliphatic carbocycles. The molecule has 0 atom stereocenters. The summed E-state index contributed by atoms with van der Waals surface area (Å²) in [6, 6.07) is 3.22. The smallest absolute Gasteiger partial charge is 0.414 e. The first-order chi connectivity index (χ1) is 12.9. The maximum Gasteiger partial charge on any atom is 0.414 e. The number of furan rings is 1. The molecule has 0 unspecified atom stereocenters. The van der Waals surface area contributed by atoms with Crippen molar-refractivity contribution in [1.29, 1.82) is 0 Å². The van der Waals surface area contributed by atoms with Crippen LogP contribution in [0.25, 0.3) is 11.0 Å². The van der Waals surface area contributed by atoms with Gasteiger partial charge in [0, 0.05) is 37.6 Å². The number of nitrogens with one attached hydrogen (secondary N) is 1. The Morgan fingerprint density at radius 1 is 1.19 bits per heavy atom. The van der Waals surface area contributed by atoms with Crippen molar-refractivity contribution < 1.29 is 28.6 Å². The fourth-order valence-corrected chi connectivity index (χ4v) is 3.03. The van der Waals surface area contributed by atoms with Crippen LogP contribution < -0.4 is 10.2 Å². The number of fused-ring (bicyclic) bond motifs is 1. The summed E-state index contributed by atoms with van der Waals surface area (Å²) >= 11 is 0. The van der Waals surface area contributed by atoms with Crippen LogP contribution >= 0.6 is 0 Å². The van der Waals surface area contributed by atoms with E-state index >= 15 is 0 Å². The average molecular weight is 380 g/mol. The van der Waals surface area contributed by atoms with Gasteiger partial charge in [-0.2, -0.15) is 0 Å². The second-order valence-electron chi connectivity index (χ2n) is 6.37. The van der Waals surface area contributed by atoms with Gasteiger partial charge in [-0.1, -0.05) is 19.8 Å². The summed E-state index contributed by atoms with van der Waals surface area (Å²) in [5.41, 5.74) is 2.87. The van der Waals surface area contributed by atoms with Gasteiger partial charge in [0.15, 0.2) is 5.58 Å². The Morgan fingerprint density at radius 2 is 1.85 bits per heavy atom. The van der Waals surface area contributed by atoms with E-state index in [1.807, 2.05) is 6.26 Å². The van der Waals surface area contributed by atoms with E-state index in [4.69, 9.17) is 24.2 Å². The summed E-state index contributed by atoms with van der Waals surface area (Å²) in [4.78, 5) is 20.4. The highest BCUT2D eigenvalue weighted by atomic mass is 19.1. The number of aryl methyl sites for hydroxylation is 1. The maximum atomic E-state index is 14.0. The van der Waals surface area contributed by atoms with E-state index in [0.29, 0.717) is 0 Å². The van der Waals surface area contributed by atoms with Gasteiger partial charge < -0.3 is 24.8 Å². The standard InChI is InChI=1S/C17H23FN2O.C2H2O4/c1-2-3-4-5-13-12-21-17-15(13)10-14(18)11-16(17)20-8-6-19-7-9-20;3-1(4)2(5)6/h10-12,19H,2-9H2,1H3;(H,3,4)(H,5,6). The number of benzene rings is 1. The lowest BCUT2D eigenvalue weighted by Crippen LogP contribution is -2.43. The number of halogens is 1. The minimum Gasteiger partial charge on any atom is -0.473 e. The van der Waals surface area contributed by atoms with Crippen LogP contribution in [0.3, 0.4) is 0 Å². The molecule has 1 fully saturated rings. The molecule has 2 aromatic rings. The Labute approximate surface area is 156 Å². The number of unbranched alkanes of at least 4 members (excludes halogenated alkanes) is 2. The number of piperazine rings is 1. The van der Waals surface area contributed by atoms with Crippen LogP contribution in [0.2, 0.25) is 0 Å². The predicted molar refractivity (Wildman–Crippen MR) is 99.8 cm³/mol. The van der Waals surface area contributed by atoms with Gasteiger partial charge in [0.1, 0.15) is 5.82 Å². The van der Waals surface area contributed by atoms with Crippen molar-refractivity contribution in [2.75, 3.05) is 31.1 Å². The first kappa shape index (κ1) is 20.7. The topological polar surface area (TPSA) is 103 Å². The Kier molecular flexibility index (Phi) is 7.60. The van der Waals surface area contributed by atoms with Gasteiger partial charge in [0.2, 0.25) is 0 Å². The summed E-state index contributed by atoms with van der Waals surface area (Å²) in [6.07, 6.45) is 6.30. The van der Waals surface area contributed by atoms with E-state index in [2.05, 4.69) is 17.1 Å².